The van der Waals surface area contributed by atoms with Crippen LogP contribution >= 0.6 is 23.2 Å². The number of benzene rings is 2. The first kappa shape index (κ1) is 17.3. The van der Waals surface area contributed by atoms with Gasteiger partial charge in [0, 0.05) is 16.6 Å². The Morgan fingerprint density at radius 3 is 2.23 bits per heavy atom. The Bertz CT molecular complexity index is 612. The van der Waals surface area contributed by atoms with E-state index in [2.05, 4.69) is 50.4 Å². The second kappa shape index (κ2) is 7.50. The van der Waals surface area contributed by atoms with E-state index in [1.165, 1.54) is 11.1 Å². The average Bonchev–Trinajstić information content (AvgIpc) is 2.45. The summed E-state index contributed by atoms with van der Waals surface area (Å²) in [6.45, 7) is 8.46. The van der Waals surface area contributed by atoms with Crippen LogP contribution < -0.4 is 5.32 Å². The third kappa shape index (κ3) is 5.01. The Morgan fingerprint density at radius 1 is 0.955 bits per heavy atom. The number of nitrogens with one attached hydrogen (secondary N) is 1. The Kier molecular flexibility index (Phi) is 5.91. The van der Waals surface area contributed by atoms with Crippen molar-refractivity contribution >= 4 is 23.2 Å². The zero-order valence-corrected chi connectivity index (χ0v) is 14.9. The topological polar surface area (TPSA) is 12.0 Å². The summed E-state index contributed by atoms with van der Waals surface area (Å²) < 4.78 is 0. The van der Waals surface area contributed by atoms with Gasteiger partial charge in [0.15, 0.2) is 0 Å². The summed E-state index contributed by atoms with van der Waals surface area (Å²) in [5.41, 5.74) is 4.00. The molecule has 0 aliphatic carbocycles. The second-order valence-corrected chi connectivity index (χ2v) is 7.45. The predicted molar refractivity (Wildman–Crippen MR) is 97.0 cm³/mol. The van der Waals surface area contributed by atoms with Crippen molar-refractivity contribution in [2.24, 2.45) is 0 Å². The molecule has 1 N–H and O–H groups in total. The van der Waals surface area contributed by atoms with Crippen LogP contribution in [0.4, 0.5) is 0 Å². The minimum absolute atomic E-state index is 0.206. The van der Waals surface area contributed by atoms with Crippen molar-refractivity contribution in [1.29, 1.82) is 0 Å². The first-order chi connectivity index (χ1) is 10.4. The molecule has 0 fully saturated rings. The molecule has 2 rings (SSSR count). The molecule has 0 atom stereocenters. The maximum Gasteiger partial charge on any atom is 0.0453 e. The van der Waals surface area contributed by atoms with Crippen molar-refractivity contribution in [2.45, 2.75) is 39.2 Å². The van der Waals surface area contributed by atoms with E-state index in [-0.39, 0.29) is 5.41 Å². The van der Waals surface area contributed by atoms with Crippen LogP contribution in [0, 0.1) is 0 Å². The van der Waals surface area contributed by atoms with E-state index in [1.807, 2.05) is 12.1 Å². The van der Waals surface area contributed by atoms with Crippen LogP contribution in [-0.2, 0) is 18.4 Å². The van der Waals surface area contributed by atoms with Crippen LogP contribution in [0.5, 0.6) is 0 Å². The molecule has 2 aromatic rings. The lowest BCUT2D eigenvalue weighted by Gasteiger charge is -2.19. The maximum atomic E-state index is 6.17. The molecule has 0 saturated carbocycles. The summed E-state index contributed by atoms with van der Waals surface area (Å²) in [6, 6.07) is 14.5. The minimum Gasteiger partial charge on any atom is -0.312 e. The molecule has 0 amide bonds. The lowest BCUT2D eigenvalue weighted by Crippen LogP contribution is -2.17. The van der Waals surface area contributed by atoms with Crippen molar-refractivity contribution < 1.29 is 0 Å². The van der Waals surface area contributed by atoms with E-state index < -0.39 is 0 Å². The molecular formula is C19H23Cl2N. The molecule has 3 heteroatoms. The molecule has 0 aliphatic rings. The van der Waals surface area contributed by atoms with Crippen LogP contribution in [0.15, 0.2) is 42.5 Å². The highest BCUT2D eigenvalue weighted by molar-refractivity contribution is 6.35. The van der Waals surface area contributed by atoms with Gasteiger partial charge in [0.2, 0.25) is 0 Å². The highest BCUT2D eigenvalue weighted by atomic mass is 35.5. The smallest absolute Gasteiger partial charge is 0.0453 e. The molecular weight excluding hydrogens is 313 g/mol. The maximum absolute atomic E-state index is 6.17. The third-order valence-electron chi connectivity index (χ3n) is 3.74. The van der Waals surface area contributed by atoms with E-state index in [4.69, 9.17) is 23.2 Å². The lowest BCUT2D eigenvalue weighted by molar-refractivity contribution is 0.589. The van der Waals surface area contributed by atoms with Gasteiger partial charge in [0.05, 0.1) is 0 Å². The Balaban J connectivity index is 1.81. The molecule has 22 heavy (non-hydrogen) atoms. The summed E-state index contributed by atoms with van der Waals surface area (Å²) >= 11 is 12.1. The molecule has 0 aromatic heterocycles. The lowest BCUT2D eigenvalue weighted by atomic mass is 9.87. The Hall–Kier alpha value is -1.02. The summed E-state index contributed by atoms with van der Waals surface area (Å²) in [5, 5.41) is 4.88. The molecule has 0 spiro atoms. The summed E-state index contributed by atoms with van der Waals surface area (Å²) in [6.07, 6.45) is 0.899. The number of hydrogen-bond donors (Lipinski definition) is 1. The summed E-state index contributed by atoms with van der Waals surface area (Å²) in [5.74, 6) is 0. The monoisotopic (exact) mass is 335 g/mol. The predicted octanol–water partition coefficient (Wildman–Crippen LogP) is 5.62. The SMILES string of the molecule is CC(C)(C)c1ccc(CNCCc2ccc(Cl)cc2Cl)cc1. The van der Waals surface area contributed by atoms with Crippen LogP contribution in [0.25, 0.3) is 0 Å². The fourth-order valence-corrected chi connectivity index (χ4v) is 2.81. The summed E-state index contributed by atoms with van der Waals surface area (Å²) in [7, 11) is 0. The molecule has 118 valence electrons. The minimum atomic E-state index is 0.206. The van der Waals surface area contributed by atoms with Crippen LogP contribution in [-0.4, -0.2) is 6.54 Å². The number of rotatable bonds is 5. The van der Waals surface area contributed by atoms with E-state index in [0.717, 1.165) is 30.1 Å². The molecule has 0 saturated heterocycles. The van der Waals surface area contributed by atoms with Crippen LogP contribution in [0.1, 0.15) is 37.5 Å². The standard InChI is InChI=1S/C19H23Cl2N/c1-19(2,3)16-7-4-14(5-8-16)13-22-11-10-15-6-9-17(20)12-18(15)21/h4-9,12,22H,10-11,13H2,1-3H3. The second-order valence-electron chi connectivity index (χ2n) is 6.61. The first-order valence-corrected chi connectivity index (χ1v) is 8.36. The molecule has 2 aromatic carbocycles. The van der Waals surface area contributed by atoms with Gasteiger partial charge in [-0.15, -0.1) is 0 Å². The first-order valence-electron chi connectivity index (χ1n) is 7.60. The average molecular weight is 336 g/mol. The largest absolute Gasteiger partial charge is 0.312 e. The van der Waals surface area contributed by atoms with Gasteiger partial charge in [-0.2, -0.15) is 0 Å². The Morgan fingerprint density at radius 2 is 1.64 bits per heavy atom. The van der Waals surface area contributed by atoms with E-state index in [9.17, 15) is 0 Å². The van der Waals surface area contributed by atoms with Gasteiger partial charge in [-0.1, -0.05) is 74.3 Å². The highest BCUT2D eigenvalue weighted by Gasteiger charge is 2.12. The van der Waals surface area contributed by atoms with Crippen molar-refractivity contribution in [2.75, 3.05) is 6.54 Å². The van der Waals surface area contributed by atoms with Gasteiger partial charge < -0.3 is 5.32 Å². The zero-order chi connectivity index (χ0) is 16.2. The fraction of sp³-hybridized carbons (Fsp3) is 0.368. The zero-order valence-electron chi connectivity index (χ0n) is 13.4. The molecule has 0 unspecified atom stereocenters. The van der Waals surface area contributed by atoms with Crippen LogP contribution in [0.3, 0.4) is 0 Å². The van der Waals surface area contributed by atoms with E-state index in [0.29, 0.717) is 5.02 Å². The van der Waals surface area contributed by atoms with Crippen molar-refractivity contribution in [3.63, 3.8) is 0 Å². The Labute approximate surface area is 143 Å². The van der Waals surface area contributed by atoms with Gasteiger partial charge in [-0.05, 0) is 47.2 Å². The van der Waals surface area contributed by atoms with Crippen molar-refractivity contribution in [1.82, 2.24) is 5.32 Å². The van der Waals surface area contributed by atoms with E-state index in [1.54, 1.807) is 6.07 Å². The van der Waals surface area contributed by atoms with Crippen molar-refractivity contribution in [3.05, 3.63) is 69.2 Å². The number of halogens is 2. The van der Waals surface area contributed by atoms with Gasteiger partial charge in [-0.3, -0.25) is 0 Å². The van der Waals surface area contributed by atoms with Gasteiger partial charge in [-0.25, -0.2) is 0 Å². The molecule has 0 bridgehead atoms. The molecule has 0 aliphatic heterocycles. The van der Waals surface area contributed by atoms with Gasteiger partial charge in [0.25, 0.3) is 0 Å². The van der Waals surface area contributed by atoms with Crippen LogP contribution in [0.2, 0.25) is 10.0 Å². The van der Waals surface area contributed by atoms with Gasteiger partial charge in [0.1, 0.15) is 0 Å². The highest BCUT2D eigenvalue weighted by Crippen LogP contribution is 2.22. The molecule has 0 heterocycles. The van der Waals surface area contributed by atoms with E-state index >= 15 is 0 Å². The number of hydrogen-bond acceptors (Lipinski definition) is 1. The fourth-order valence-electron chi connectivity index (χ4n) is 2.30. The molecule has 1 nitrogen and oxygen atoms in total. The van der Waals surface area contributed by atoms with Crippen molar-refractivity contribution in [3.8, 4) is 0 Å². The summed E-state index contributed by atoms with van der Waals surface area (Å²) in [4.78, 5) is 0. The molecule has 0 radical (unpaired) electrons. The van der Waals surface area contributed by atoms with Gasteiger partial charge >= 0.3 is 0 Å². The normalized spacial score (nSPS) is 11.7. The third-order valence-corrected chi connectivity index (χ3v) is 4.32. The quantitative estimate of drug-likeness (QED) is 0.699.